The van der Waals surface area contributed by atoms with E-state index in [1.54, 1.807) is 17.6 Å². The summed E-state index contributed by atoms with van der Waals surface area (Å²) in [5.74, 6) is 1.29. The average Bonchev–Trinajstić information content (AvgIpc) is 3.53. The molecule has 0 saturated carbocycles. The van der Waals surface area contributed by atoms with Crippen LogP contribution >= 0.6 is 0 Å². The first-order valence-electron chi connectivity index (χ1n) is 14.3. The van der Waals surface area contributed by atoms with E-state index in [0.29, 0.717) is 37.5 Å². The van der Waals surface area contributed by atoms with Crippen molar-refractivity contribution in [3.63, 3.8) is 0 Å². The minimum atomic E-state index is -0.432. The van der Waals surface area contributed by atoms with Crippen LogP contribution in [0.25, 0.3) is 5.65 Å². The second-order valence-electron chi connectivity index (χ2n) is 11.4. The quantitative estimate of drug-likeness (QED) is 0.317. The lowest BCUT2D eigenvalue weighted by molar-refractivity contribution is 0.217. The fourth-order valence-electron chi connectivity index (χ4n) is 5.84. The summed E-state index contributed by atoms with van der Waals surface area (Å²) >= 11 is 0. The minimum absolute atomic E-state index is 0.0408. The molecule has 1 atom stereocenters. The Morgan fingerprint density at radius 1 is 1.12 bits per heavy atom. The van der Waals surface area contributed by atoms with Crippen molar-refractivity contribution >= 4 is 17.4 Å². The van der Waals surface area contributed by atoms with Crippen LogP contribution in [-0.2, 0) is 6.42 Å². The molecule has 9 nitrogen and oxygen atoms in total. The highest BCUT2D eigenvalue weighted by atomic mass is 19.1. The summed E-state index contributed by atoms with van der Waals surface area (Å²) in [7, 11) is 0. The maximum atomic E-state index is 13.6. The highest BCUT2D eigenvalue weighted by Gasteiger charge is 2.44. The van der Waals surface area contributed by atoms with Gasteiger partial charge in [-0.3, -0.25) is 0 Å². The number of nitrogens with one attached hydrogen (secondary N) is 1. The number of piperidine rings is 1. The van der Waals surface area contributed by atoms with Gasteiger partial charge in [-0.25, -0.2) is 19.3 Å². The first kappa shape index (κ1) is 27.0. The number of pyridine rings is 2. The van der Waals surface area contributed by atoms with E-state index in [1.165, 1.54) is 5.56 Å². The molecule has 4 aromatic rings. The lowest BCUT2D eigenvalue weighted by Gasteiger charge is -2.39. The number of carbonyl (C=O) groups excluding carboxylic acids is 1. The monoisotopic (exact) mass is 557 g/mol. The molecular weight excluding hydrogens is 521 g/mol. The molecular formula is C31H36FN7O2. The van der Waals surface area contributed by atoms with Crippen LogP contribution in [0.1, 0.15) is 48.2 Å². The number of nitrogens with zero attached hydrogens (tertiary/aromatic N) is 6. The Labute approximate surface area is 239 Å². The van der Waals surface area contributed by atoms with Gasteiger partial charge in [0.2, 0.25) is 5.95 Å². The summed E-state index contributed by atoms with van der Waals surface area (Å²) in [6.45, 7) is 9.23. The van der Waals surface area contributed by atoms with Crippen LogP contribution in [0.4, 0.5) is 14.9 Å². The molecule has 1 N–H and O–H groups in total. The van der Waals surface area contributed by atoms with Gasteiger partial charge in [-0.2, -0.15) is 9.49 Å². The lowest BCUT2D eigenvalue weighted by atomic mass is 9.88. The number of halogens is 1. The van der Waals surface area contributed by atoms with Gasteiger partial charge in [-0.15, -0.1) is 0 Å². The van der Waals surface area contributed by atoms with E-state index in [0.717, 1.165) is 48.6 Å². The van der Waals surface area contributed by atoms with Crippen LogP contribution in [0.5, 0.6) is 5.75 Å². The van der Waals surface area contributed by atoms with E-state index >= 15 is 0 Å². The van der Waals surface area contributed by atoms with Crippen LogP contribution in [-0.4, -0.2) is 68.8 Å². The van der Waals surface area contributed by atoms with Gasteiger partial charge in [0, 0.05) is 44.1 Å². The van der Waals surface area contributed by atoms with Crippen molar-refractivity contribution in [3.05, 3.63) is 83.3 Å². The predicted molar refractivity (Wildman–Crippen MR) is 155 cm³/mol. The van der Waals surface area contributed by atoms with Crippen LogP contribution in [0.2, 0.25) is 0 Å². The van der Waals surface area contributed by atoms with Crippen molar-refractivity contribution in [2.24, 2.45) is 0 Å². The number of fused-ring (bicyclic) bond motifs is 1. The molecule has 2 aliphatic rings. The van der Waals surface area contributed by atoms with Crippen LogP contribution in [0.15, 0.2) is 54.9 Å². The van der Waals surface area contributed by atoms with E-state index in [2.05, 4.69) is 34.3 Å². The Bertz CT molecular complexity index is 1550. The molecule has 2 amide bonds. The Morgan fingerprint density at radius 3 is 2.66 bits per heavy atom. The molecule has 2 saturated heterocycles. The molecule has 0 aliphatic carbocycles. The Hall–Kier alpha value is -4.21. The maximum absolute atomic E-state index is 13.6. The number of aromatic nitrogens is 4. The van der Waals surface area contributed by atoms with Gasteiger partial charge >= 0.3 is 6.03 Å². The van der Waals surface area contributed by atoms with Crippen molar-refractivity contribution in [2.75, 3.05) is 37.7 Å². The van der Waals surface area contributed by atoms with Crippen molar-refractivity contribution < 1.29 is 13.9 Å². The first-order chi connectivity index (χ1) is 19.8. The normalized spacial score (nSPS) is 17.3. The fourth-order valence-corrected chi connectivity index (χ4v) is 5.84. The number of hydrogen-bond acceptors (Lipinski definition) is 6. The maximum Gasteiger partial charge on any atom is 0.317 e. The number of anilines is 1. The van der Waals surface area contributed by atoms with Gasteiger partial charge in [0.25, 0.3) is 0 Å². The van der Waals surface area contributed by atoms with E-state index in [1.807, 2.05) is 48.4 Å². The second kappa shape index (κ2) is 11.0. The third-order valence-electron chi connectivity index (χ3n) is 8.35. The predicted octanol–water partition coefficient (Wildman–Crippen LogP) is 4.67. The number of benzene rings is 1. The zero-order valence-electron chi connectivity index (χ0n) is 23.8. The van der Waals surface area contributed by atoms with Gasteiger partial charge in [0.05, 0.1) is 30.2 Å². The number of rotatable bonds is 8. The molecule has 214 valence electrons. The molecule has 0 bridgehead atoms. The third-order valence-corrected chi connectivity index (χ3v) is 8.35. The molecule has 2 aliphatic heterocycles. The minimum Gasteiger partial charge on any atom is -0.491 e. The number of carbonyl (C=O) groups is 1. The molecule has 0 radical (unpaired) electrons. The molecule has 1 aromatic carbocycles. The Morgan fingerprint density at radius 2 is 1.90 bits per heavy atom. The summed E-state index contributed by atoms with van der Waals surface area (Å²) in [6.07, 6.45) is 5.68. The SMILES string of the molecule is Cc1cc(N2CCC3(CC2)CN(CCc2nc4c(C)cc(OC[C@H](C)c5ccccc5)cn4n2)C(=O)N3)cnc1F. The molecule has 41 heavy (non-hydrogen) atoms. The summed E-state index contributed by atoms with van der Waals surface area (Å²) in [6, 6.07) is 14.1. The topological polar surface area (TPSA) is 87.9 Å². The van der Waals surface area contributed by atoms with E-state index in [4.69, 9.17) is 14.8 Å². The van der Waals surface area contributed by atoms with E-state index < -0.39 is 5.95 Å². The molecule has 6 rings (SSSR count). The van der Waals surface area contributed by atoms with Crippen molar-refractivity contribution in [3.8, 4) is 5.75 Å². The highest BCUT2D eigenvalue weighted by molar-refractivity contribution is 5.78. The van der Waals surface area contributed by atoms with Crippen molar-refractivity contribution in [1.82, 2.24) is 29.8 Å². The summed E-state index contributed by atoms with van der Waals surface area (Å²) in [5, 5.41) is 7.94. The van der Waals surface area contributed by atoms with Gasteiger partial charge < -0.3 is 19.9 Å². The molecule has 5 heterocycles. The Kier molecular flexibility index (Phi) is 7.23. The second-order valence-corrected chi connectivity index (χ2v) is 11.4. The smallest absolute Gasteiger partial charge is 0.317 e. The summed E-state index contributed by atoms with van der Waals surface area (Å²) in [5.41, 5.74) is 4.25. The number of amides is 2. The standard InChI is InChI=1S/C31H36FN7O2/c1-21-15-25(17-33-28(21)32)37-13-10-31(11-14-37)20-38(30(40)35-31)12-9-27-34-29-22(2)16-26(18-39(29)36-27)41-19-23(3)24-7-5-4-6-8-24/h4-8,15-18,23H,9-14,19-20H2,1-3H3,(H,35,40)/t23-/m0/s1. The third kappa shape index (κ3) is 5.68. The van der Waals surface area contributed by atoms with Crippen LogP contribution in [0, 0.1) is 19.8 Å². The number of hydrogen-bond donors (Lipinski definition) is 1. The number of aryl methyl sites for hydroxylation is 2. The van der Waals surface area contributed by atoms with Crippen LogP contribution < -0.4 is 15.0 Å². The van der Waals surface area contributed by atoms with Crippen LogP contribution in [0.3, 0.4) is 0 Å². The molecule has 0 unspecified atom stereocenters. The van der Waals surface area contributed by atoms with Crippen molar-refractivity contribution in [1.29, 1.82) is 0 Å². The van der Waals surface area contributed by atoms with Crippen molar-refractivity contribution in [2.45, 2.75) is 51.5 Å². The summed E-state index contributed by atoms with van der Waals surface area (Å²) < 4.78 is 21.5. The zero-order valence-corrected chi connectivity index (χ0v) is 23.8. The molecule has 1 spiro atoms. The molecule has 2 fully saturated rings. The van der Waals surface area contributed by atoms with Gasteiger partial charge in [-0.05, 0) is 49.9 Å². The van der Waals surface area contributed by atoms with E-state index in [-0.39, 0.29) is 17.5 Å². The first-order valence-corrected chi connectivity index (χ1v) is 14.3. The zero-order chi connectivity index (χ0) is 28.6. The van der Waals surface area contributed by atoms with Gasteiger partial charge in [0.15, 0.2) is 11.5 Å². The lowest BCUT2D eigenvalue weighted by Crippen LogP contribution is -2.52. The number of urea groups is 1. The molecule has 10 heteroatoms. The molecule has 3 aromatic heterocycles. The largest absolute Gasteiger partial charge is 0.491 e. The van der Waals surface area contributed by atoms with E-state index in [9.17, 15) is 9.18 Å². The number of ether oxygens (including phenoxy) is 1. The Balaban J connectivity index is 1.05. The highest BCUT2D eigenvalue weighted by Crippen LogP contribution is 2.31. The average molecular weight is 558 g/mol. The fraction of sp³-hybridized carbons (Fsp3) is 0.419. The van der Waals surface area contributed by atoms with Gasteiger partial charge in [-0.1, -0.05) is 37.3 Å². The van der Waals surface area contributed by atoms with Gasteiger partial charge in [0.1, 0.15) is 5.75 Å². The summed E-state index contributed by atoms with van der Waals surface area (Å²) in [4.78, 5) is 25.6.